The fourth-order valence-corrected chi connectivity index (χ4v) is 5.01. The molecule has 14 heteroatoms. The first kappa shape index (κ1) is 33.1. The molecule has 2 heterocycles. The van der Waals surface area contributed by atoms with Gasteiger partial charge in [-0.25, -0.2) is 19.2 Å². The zero-order valence-corrected chi connectivity index (χ0v) is 26.2. The number of rotatable bonds is 9. The zero-order valence-electron chi connectivity index (χ0n) is 26.2. The van der Waals surface area contributed by atoms with Gasteiger partial charge in [-0.3, -0.25) is 19.7 Å². The Morgan fingerprint density at radius 1 is 1.04 bits per heavy atom. The van der Waals surface area contributed by atoms with Crippen LogP contribution in [0.4, 0.5) is 26.4 Å². The largest absolute Gasteiger partial charge is 0.494 e. The Labute approximate surface area is 260 Å². The summed E-state index contributed by atoms with van der Waals surface area (Å²) in [6, 6.07) is 5.99. The minimum absolute atomic E-state index is 0.0107. The minimum atomic E-state index is -0.856. The van der Waals surface area contributed by atoms with E-state index in [1.807, 2.05) is 20.8 Å². The second-order valence-corrected chi connectivity index (χ2v) is 11.8. The molecule has 0 aliphatic carbocycles. The Bertz CT molecular complexity index is 1590. The van der Waals surface area contributed by atoms with E-state index in [0.29, 0.717) is 36.0 Å². The average molecular weight is 623 g/mol. The number of urea groups is 1. The number of hydrogen-bond donors (Lipinski definition) is 5. The summed E-state index contributed by atoms with van der Waals surface area (Å²) >= 11 is 0. The van der Waals surface area contributed by atoms with Crippen molar-refractivity contribution >= 4 is 51.8 Å². The van der Waals surface area contributed by atoms with Crippen molar-refractivity contribution in [2.24, 2.45) is 5.41 Å². The summed E-state index contributed by atoms with van der Waals surface area (Å²) in [5.74, 6) is -1.29. The van der Waals surface area contributed by atoms with Crippen LogP contribution in [0.25, 0.3) is 10.9 Å². The van der Waals surface area contributed by atoms with Crippen LogP contribution in [-0.2, 0) is 14.4 Å². The number of aromatic nitrogens is 2. The van der Waals surface area contributed by atoms with Crippen molar-refractivity contribution in [3.8, 4) is 5.75 Å². The smallest absolute Gasteiger partial charge is 0.324 e. The van der Waals surface area contributed by atoms with E-state index >= 15 is 0 Å². The number of nitrogens with zero attached hydrogens (tertiary/aromatic N) is 3. The first-order valence-electron chi connectivity index (χ1n) is 14.6. The molecule has 0 bridgehead atoms. The Hall–Kier alpha value is -4.85. The van der Waals surface area contributed by atoms with Crippen LogP contribution < -0.4 is 31.3 Å². The van der Waals surface area contributed by atoms with E-state index in [4.69, 9.17) is 4.74 Å². The van der Waals surface area contributed by atoms with Gasteiger partial charge in [-0.2, -0.15) is 0 Å². The Morgan fingerprint density at radius 2 is 1.78 bits per heavy atom. The lowest BCUT2D eigenvalue weighted by Gasteiger charge is -2.36. The molecule has 1 aliphatic rings. The third-order valence-corrected chi connectivity index (χ3v) is 7.63. The first-order chi connectivity index (χ1) is 21.3. The van der Waals surface area contributed by atoms with Crippen LogP contribution in [0.3, 0.4) is 0 Å². The number of anilines is 3. The summed E-state index contributed by atoms with van der Waals surface area (Å²) in [6.07, 6.45) is 2.29. The number of ether oxygens (including phenoxy) is 1. The number of amides is 5. The van der Waals surface area contributed by atoms with Crippen LogP contribution in [0.15, 0.2) is 42.7 Å². The Morgan fingerprint density at radius 3 is 2.44 bits per heavy atom. The lowest BCUT2D eigenvalue weighted by Crippen LogP contribution is -2.59. The van der Waals surface area contributed by atoms with Crippen LogP contribution in [0.5, 0.6) is 5.75 Å². The van der Waals surface area contributed by atoms with Gasteiger partial charge in [-0.05, 0) is 50.4 Å². The van der Waals surface area contributed by atoms with Gasteiger partial charge in [-0.15, -0.1) is 0 Å². The van der Waals surface area contributed by atoms with Crippen molar-refractivity contribution in [2.75, 3.05) is 36.7 Å². The molecule has 1 aromatic heterocycles. The summed E-state index contributed by atoms with van der Waals surface area (Å²) in [6.45, 7) is 7.62. The number of benzene rings is 2. The average Bonchev–Trinajstić information content (AvgIpc) is 3.50. The van der Waals surface area contributed by atoms with Gasteiger partial charge in [0.25, 0.3) is 0 Å². The number of para-hydroxylation sites is 1. The van der Waals surface area contributed by atoms with Gasteiger partial charge in [-0.1, -0.05) is 32.9 Å². The van der Waals surface area contributed by atoms with E-state index in [2.05, 4.69) is 36.6 Å². The molecule has 1 aliphatic heterocycles. The van der Waals surface area contributed by atoms with Gasteiger partial charge in [0.2, 0.25) is 17.7 Å². The molecule has 0 radical (unpaired) electrons. The van der Waals surface area contributed by atoms with Crippen molar-refractivity contribution in [1.82, 2.24) is 25.5 Å². The fraction of sp³-hybridized carbons (Fsp3) is 0.419. The van der Waals surface area contributed by atoms with Crippen molar-refractivity contribution in [3.63, 3.8) is 0 Å². The standard InChI is InChI=1S/C31H39FN8O5/c1-17(33-5)27(41)38-25(31(2,3)4)29(43)40-13-9-12-23(40)28(42)36-22-14-18-21(15-24(22)45-6)34-16-35-26(18)39-30(44)37-20-11-8-7-10-19(20)32/h7-8,10-11,14-17,23,25,33H,9,12-13H2,1-6H3,(H,36,42)(H,38,41)(H2,34,35,37,39,44)/t17-,23-,25+/m0/s1. The molecule has 0 saturated carbocycles. The Balaban J connectivity index is 1.57. The van der Waals surface area contributed by atoms with Crippen LogP contribution in [0.1, 0.15) is 40.5 Å². The van der Waals surface area contributed by atoms with Crippen molar-refractivity contribution in [1.29, 1.82) is 0 Å². The topological polar surface area (TPSA) is 167 Å². The quantitative estimate of drug-likeness (QED) is 0.242. The van der Waals surface area contributed by atoms with Gasteiger partial charge in [0.15, 0.2) is 0 Å². The zero-order chi connectivity index (χ0) is 32.9. The molecule has 5 amide bonds. The third kappa shape index (κ3) is 7.63. The van der Waals surface area contributed by atoms with Gasteiger partial charge in [0, 0.05) is 18.0 Å². The molecule has 0 spiro atoms. The minimum Gasteiger partial charge on any atom is -0.494 e. The van der Waals surface area contributed by atoms with E-state index in [9.17, 15) is 23.6 Å². The maximum absolute atomic E-state index is 14.0. The van der Waals surface area contributed by atoms with Crippen LogP contribution in [0.2, 0.25) is 0 Å². The lowest BCUT2D eigenvalue weighted by atomic mass is 9.85. The van der Waals surface area contributed by atoms with E-state index < -0.39 is 41.3 Å². The Kier molecular flexibility index (Phi) is 10.2. The molecule has 0 unspecified atom stereocenters. The highest BCUT2D eigenvalue weighted by Gasteiger charge is 2.42. The monoisotopic (exact) mass is 622 g/mol. The van der Waals surface area contributed by atoms with Crippen LogP contribution in [-0.4, -0.2) is 77.4 Å². The van der Waals surface area contributed by atoms with E-state index in [-0.39, 0.29) is 29.0 Å². The second-order valence-electron chi connectivity index (χ2n) is 11.8. The highest BCUT2D eigenvalue weighted by molar-refractivity contribution is 6.07. The van der Waals surface area contributed by atoms with Crippen molar-refractivity contribution < 1.29 is 28.3 Å². The SMILES string of the molecule is CN[C@@H](C)C(=O)N[C@H](C(=O)N1CCC[C@H]1C(=O)Nc1cc2c(NC(=O)Nc3ccccc3F)ncnc2cc1OC)C(C)(C)C. The number of likely N-dealkylation sites (N-methyl/N-ethyl adjacent to an activating group) is 1. The summed E-state index contributed by atoms with van der Waals surface area (Å²) in [5, 5.41) is 14.0. The van der Waals surface area contributed by atoms with E-state index in [1.54, 1.807) is 32.2 Å². The fourth-order valence-electron chi connectivity index (χ4n) is 5.01. The molecule has 13 nitrogen and oxygen atoms in total. The lowest BCUT2D eigenvalue weighted by molar-refractivity contribution is -0.143. The number of carbonyl (C=O) groups excluding carboxylic acids is 4. The van der Waals surface area contributed by atoms with Crippen LogP contribution in [0, 0.1) is 11.2 Å². The summed E-state index contributed by atoms with van der Waals surface area (Å²) in [4.78, 5) is 62.8. The van der Waals surface area contributed by atoms with Gasteiger partial charge in [0.05, 0.1) is 30.0 Å². The third-order valence-electron chi connectivity index (χ3n) is 7.63. The van der Waals surface area contributed by atoms with E-state index in [0.717, 1.165) is 0 Å². The van der Waals surface area contributed by atoms with Gasteiger partial charge >= 0.3 is 6.03 Å². The van der Waals surface area contributed by atoms with Gasteiger partial charge < -0.3 is 30.9 Å². The second kappa shape index (κ2) is 13.8. The molecule has 1 saturated heterocycles. The molecule has 4 rings (SSSR count). The first-order valence-corrected chi connectivity index (χ1v) is 14.6. The number of methoxy groups -OCH3 is 1. The number of nitrogens with one attached hydrogen (secondary N) is 5. The summed E-state index contributed by atoms with van der Waals surface area (Å²) < 4.78 is 19.6. The molecule has 3 aromatic rings. The predicted molar refractivity (Wildman–Crippen MR) is 168 cm³/mol. The number of halogens is 1. The molecule has 45 heavy (non-hydrogen) atoms. The maximum Gasteiger partial charge on any atom is 0.324 e. The normalized spacial score (nSPS) is 16.1. The van der Waals surface area contributed by atoms with Crippen LogP contribution >= 0.6 is 0 Å². The van der Waals surface area contributed by atoms with E-state index in [1.165, 1.54) is 36.5 Å². The molecular formula is C31H39FN8O5. The highest BCUT2D eigenvalue weighted by Crippen LogP contribution is 2.33. The predicted octanol–water partition coefficient (Wildman–Crippen LogP) is 3.49. The van der Waals surface area contributed by atoms with Crippen molar-refractivity contribution in [2.45, 2.75) is 58.7 Å². The molecule has 240 valence electrons. The maximum atomic E-state index is 14.0. The number of carbonyl (C=O) groups is 4. The number of likely N-dealkylation sites (tertiary alicyclic amines) is 1. The molecular weight excluding hydrogens is 583 g/mol. The number of hydrogen-bond acceptors (Lipinski definition) is 8. The molecule has 2 aromatic carbocycles. The summed E-state index contributed by atoms with van der Waals surface area (Å²) in [5.41, 5.74) is 0.0554. The molecule has 5 N–H and O–H groups in total. The highest BCUT2D eigenvalue weighted by atomic mass is 19.1. The molecule has 1 fully saturated rings. The van der Waals surface area contributed by atoms with Crippen molar-refractivity contribution in [3.05, 3.63) is 48.5 Å². The number of fused-ring (bicyclic) bond motifs is 1. The van der Waals surface area contributed by atoms with Gasteiger partial charge in [0.1, 0.15) is 35.8 Å². The summed E-state index contributed by atoms with van der Waals surface area (Å²) in [7, 11) is 3.10. The molecule has 3 atom stereocenters.